The topological polar surface area (TPSA) is 27.7 Å². The van der Waals surface area contributed by atoms with Crippen molar-refractivity contribution in [2.75, 3.05) is 33.5 Å². The molecule has 0 unspecified atom stereocenters. The molecule has 0 atom stereocenters. The van der Waals surface area contributed by atoms with Crippen molar-refractivity contribution in [2.45, 2.75) is 20.8 Å². The summed E-state index contributed by atoms with van der Waals surface area (Å²) in [6.07, 6.45) is 0. The van der Waals surface area contributed by atoms with E-state index in [1.807, 2.05) is 0 Å². The first-order valence-electron chi connectivity index (χ1n) is 5.92. The molecule has 0 aliphatic heterocycles. The van der Waals surface area contributed by atoms with Crippen LogP contribution in [0, 0.1) is 20.8 Å². The minimum absolute atomic E-state index is 0.577. The molecule has 1 aromatic rings. The molecular formula is C14H22O3. The van der Waals surface area contributed by atoms with Crippen LogP contribution in [-0.2, 0) is 9.47 Å². The maximum absolute atomic E-state index is 5.71. The highest BCUT2D eigenvalue weighted by atomic mass is 16.5. The molecule has 0 aliphatic carbocycles. The van der Waals surface area contributed by atoms with Gasteiger partial charge in [-0.25, -0.2) is 0 Å². The molecule has 0 spiro atoms. The lowest BCUT2D eigenvalue weighted by molar-refractivity contribution is 0.0543. The Balaban J connectivity index is 2.36. The van der Waals surface area contributed by atoms with E-state index >= 15 is 0 Å². The standard InChI is InChI=1S/C14H22O3/c1-11-9-12(2)13(3)14(10-11)17-8-7-16-6-5-15-4/h9-10H,5-8H2,1-4H3. The second-order valence-corrected chi connectivity index (χ2v) is 4.16. The Bertz CT molecular complexity index is 348. The normalized spacial score (nSPS) is 10.6. The summed E-state index contributed by atoms with van der Waals surface area (Å²) in [4.78, 5) is 0. The SMILES string of the molecule is COCCOCCOc1cc(C)cc(C)c1C. The molecule has 0 N–H and O–H groups in total. The van der Waals surface area contributed by atoms with Gasteiger partial charge in [0.2, 0.25) is 0 Å². The van der Waals surface area contributed by atoms with Crippen LogP contribution in [0.3, 0.4) is 0 Å². The maximum atomic E-state index is 5.71. The van der Waals surface area contributed by atoms with Gasteiger partial charge in [0.15, 0.2) is 0 Å². The summed E-state index contributed by atoms with van der Waals surface area (Å²) in [5.41, 5.74) is 3.69. The summed E-state index contributed by atoms with van der Waals surface area (Å²) >= 11 is 0. The zero-order valence-electron chi connectivity index (χ0n) is 11.2. The maximum Gasteiger partial charge on any atom is 0.122 e. The van der Waals surface area contributed by atoms with Gasteiger partial charge in [-0.15, -0.1) is 0 Å². The Kier molecular flexibility index (Phi) is 6.01. The quantitative estimate of drug-likeness (QED) is 0.683. The molecule has 1 rings (SSSR count). The predicted octanol–water partition coefficient (Wildman–Crippen LogP) is 2.65. The van der Waals surface area contributed by atoms with Crippen LogP contribution >= 0.6 is 0 Å². The van der Waals surface area contributed by atoms with E-state index in [9.17, 15) is 0 Å². The third-order valence-electron chi connectivity index (χ3n) is 2.68. The molecule has 0 radical (unpaired) electrons. The fourth-order valence-corrected chi connectivity index (χ4v) is 1.61. The lowest BCUT2D eigenvalue weighted by Crippen LogP contribution is -2.10. The molecule has 0 aromatic heterocycles. The van der Waals surface area contributed by atoms with Gasteiger partial charge in [0.1, 0.15) is 12.4 Å². The second kappa shape index (κ2) is 7.30. The number of hydrogen-bond acceptors (Lipinski definition) is 3. The van der Waals surface area contributed by atoms with Gasteiger partial charge >= 0.3 is 0 Å². The lowest BCUT2D eigenvalue weighted by atomic mass is 10.1. The van der Waals surface area contributed by atoms with E-state index in [2.05, 4.69) is 32.9 Å². The summed E-state index contributed by atoms with van der Waals surface area (Å²) in [5.74, 6) is 0.956. The van der Waals surface area contributed by atoms with Crippen LogP contribution in [0.2, 0.25) is 0 Å². The molecule has 0 saturated carbocycles. The van der Waals surface area contributed by atoms with Crippen LogP contribution in [-0.4, -0.2) is 33.5 Å². The van der Waals surface area contributed by atoms with Gasteiger partial charge in [0, 0.05) is 7.11 Å². The number of methoxy groups -OCH3 is 1. The number of rotatable bonds is 7. The van der Waals surface area contributed by atoms with E-state index in [1.54, 1.807) is 7.11 Å². The largest absolute Gasteiger partial charge is 0.491 e. The number of benzene rings is 1. The fraction of sp³-hybridized carbons (Fsp3) is 0.571. The van der Waals surface area contributed by atoms with Crippen molar-refractivity contribution in [1.29, 1.82) is 0 Å². The summed E-state index contributed by atoms with van der Waals surface area (Å²) in [6.45, 7) is 8.67. The minimum atomic E-state index is 0.577. The Hall–Kier alpha value is -1.06. The van der Waals surface area contributed by atoms with Crippen molar-refractivity contribution in [1.82, 2.24) is 0 Å². The molecule has 3 nitrogen and oxygen atoms in total. The number of hydrogen-bond donors (Lipinski definition) is 0. The van der Waals surface area contributed by atoms with E-state index in [0.717, 1.165) is 5.75 Å². The van der Waals surface area contributed by atoms with E-state index in [-0.39, 0.29) is 0 Å². The molecule has 0 fully saturated rings. The molecule has 1 aromatic carbocycles. The van der Waals surface area contributed by atoms with Gasteiger partial charge in [-0.2, -0.15) is 0 Å². The zero-order chi connectivity index (χ0) is 12.7. The summed E-state index contributed by atoms with van der Waals surface area (Å²) in [5, 5.41) is 0. The molecule has 0 bridgehead atoms. The van der Waals surface area contributed by atoms with Gasteiger partial charge in [-0.1, -0.05) is 6.07 Å². The second-order valence-electron chi connectivity index (χ2n) is 4.16. The molecule has 0 aliphatic rings. The van der Waals surface area contributed by atoms with Crippen molar-refractivity contribution in [3.8, 4) is 5.75 Å². The molecule has 3 heteroatoms. The Morgan fingerprint density at radius 3 is 2.35 bits per heavy atom. The third-order valence-corrected chi connectivity index (χ3v) is 2.68. The summed E-state index contributed by atoms with van der Waals surface area (Å²) in [6, 6.07) is 4.23. The first-order valence-corrected chi connectivity index (χ1v) is 5.92. The van der Waals surface area contributed by atoms with E-state index in [4.69, 9.17) is 14.2 Å². The van der Waals surface area contributed by atoms with Crippen LogP contribution in [0.5, 0.6) is 5.75 Å². The van der Waals surface area contributed by atoms with Crippen LogP contribution in [0.15, 0.2) is 12.1 Å². The minimum Gasteiger partial charge on any atom is -0.491 e. The monoisotopic (exact) mass is 238 g/mol. The molecule has 17 heavy (non-hydrogen) atoms. The van der Waals surface area contributed by atoms with E-state index in [1.165, 1.54) is 16.7 Å². The highest BCUT2D eigenvalue weighted by Gasteiger charge is 2.03. The van der Waals surface area contributed by atoms with Gasteiger partial charge in [-0.3, -0.25) is 0 Å². The highest BCUT2D eigenvalue weighted by molar-refractivity contribution is 5.41. The molecule has 0 saturated heterocycles. The lowest BCUT2D eigenvalue weighted by Gasteiger charge is -2.12. The van der Waals surface area contributed by atoms with Gasteiger partial charge in [0.05, 0.1) is 19.8 Å². The Labute approximate surface area is 104 Å². The van der Waals surface area contributed by atoms with Crippen LogP contribution < -0.4 is 4.74 Å². The van der Waals surface area contributed by atoms with Crippen LogP contribution in [0.1, 0.15) is 16.7 Å². The van der Waals surface area contributed by atoms with E-state index in [0.29, 0.717) is 26.4 Å². The van der Waals surface area contributed by atoms with Crippen LogP contribution in [0.25, 0.3) is 0 Å². The van der Waals surface area contributed by atoms with Crippen molar-refractivity contribution in [2.24, 2.45) is 0 Å². The first-order chi connectivity index (χ1) is 8.15. The van der Waals surface area contributed by atoms with Crippen molar-refractivity contribution >= 4 is 0 Å². The van der Waals surface area contributed by atoms with Gasteiger partial charge < -0.3 is 14.2 Å². The predicted molar refractivity (Wildman–Crippen MR) is 68.8 cm³/mol. The van der Waals surface area contributed by atoms with Crippen LogP contribution in [0.4, 0.5) is 0 Å². The first kappa shape index (κ1) is 14.0. The Morgan fingerprint density at radius 1 is 0.941 bits per heavy atom. The van der Waals surface area contributed by atoms with Crippen molar-refractivity contribution in [3.05, 3.63) is 28.8 Å². The van der Waals surface area contributed by atoms with E-state index < -0.39 is 0 Å². The van der Waals surface area contributed by atoms with Crippen molar-refractivity contribution < 1.29 is 14.2 Å². The molecular weight excluding hydrogens is 216 g/mol. The molecule has 96 valence electrons. The number of ether oxygens (including phenoxy) is 3. The average Bonchev–Trinajstić information content (AvgIpc) is 2.29. The van der Waals surface area contributed by atoms with Gasteiger partial charge in [0.25, 0.3) is 0 Å². The molecule has 0 heterocycles. The van der Waals surface area contributed by atoms with Crippen molar-refractivity contribution in [3.63, 3.8) is 0 Å². The number of aryl methyl sites for hydroxylation is 2. The fourth-order valence-electron chi connectivity index (χ4n) is 1.61. The summed E-state index contributed by atoms with van der Waals surface area (Å²) in [7, 11) is 1.67. The highest BCUT2D eigenvalue weighted by Crippen LogP contribution is 2.23. The Morgan fingerprint density at radius 2 is 1.65 bits per heavy atom. The smallest absolute Gasteiger partial charge is 0.122 e. The summed E-state index contributed by atoms with van der Waals surface area (Å²) < 4.78 is 16.0. The zero-order valence-corrected chi connectivity index (χ0v) is 11.2. The average molecular weight is 238 g/mol. The third kappa shape index (κ3) is 4.75. The molecule has 0 amide bonds. The van der Waals surface area contributed by atoms with Gasteiger partial charge in [-0.05, 0) is 43.5 Å².